The zero-order chi connectivity index (χ0) is 22.5. The van der Waals surface area contributed by atoms with Crippen molar-refractivity contribution in [2.24, 2.45) is 22.4 Å². The Morgan fingerprint density at radius 2 is 1.94 bits per heavy atom. The van der Waals surface area contributed by atoms with Gasteiger partial charge in [-0.2, -0.15) is 4.91 Å². The lowest BCUT2D eigenvalue weighted by Crippen LogP contribution is -2.53. The molecule has 4 aliphatic rings. The summed E-state index contributed by atoms with van der Waals surface area (Å²) >= 11 is 0. The van der Waals surface area contributed by atoms with Gasteiger partial charge in [-0.25, -0.2) is 0 Å². The minimum absolute atomic E-state index is 0.184. The molecule has 5 rings (SSSR count). The summed E-state index contributed by atoms with van der Waals surface area (Å²) in [6.07, 6.45) is 8.01. The molecule has 5 heteroatoms. The van der Waals surface area contributed by atoms with E-state index in [1.807, 2.05) is 18.2 Å². The number of aliphatic hydroxyl groups is 1. The van der Waals surface area contributed by atoms with E-state index in [0.717, 1.165) is 44.1 Å². The second-order valence-corrected chi connectivity index (χ2v) is 10.5. The molecule has 0 aromatic heterocycles. The predicted octanol–water partition coefficient (Wildman–Crippen LogP) is 5.23. The highest BCUT2D eigenvalue weighted by Crippen LogP contribution is 2.66. The highest BCUT2D eigenvalue weighted by atomic mass is 16.5. The number of benzene rings is 1. The number of fused-ring (bicyclic) bond motifs is 4. The van der Waals surface area contributed by atoms with Crippen molar-refractivity contribution in [1.29, 1.82) is 0 Å². The summed E-state index contributed by atoms with van der Waals surface area (Å²) in [7, 11) is 1.68. The fraction of sp³-hybridized carbons (Fsp3) is 0.593. The normalized spacial score (nSPS) is 36.3. The van der Waals surface area contributed by atoms with Gasteiger partial charge < -0.3 is 9.84 Å². The molecule has 2 fully saturated rings. The molecule has 5 atom stereocenters. The van der Waals surface area contributed by atoms with E-state index >= 15 is 0 Å². The van der Waals surface area contributed by atoms with Crippen molar-refractivity contribution in [3.05, 3.63) is 63.1 Å². The van der Waals surface area contributed by atoms with Gasteiger partial charge >= 0.3 is 0 Å². The lowest BCUT2D eigenvalue weighted by Gasteiger charge is -2.54. The summed E-state index contributed by atoms with van der Waals surface area (Å²) in [6.45, 7) is 2.83. The monoisotopic (exact) mass is 435 g/mol. The number of ketones is 1. The molecule has 0 unspecified atom stereocenters. The van der Waals surface area contributed by atoms with Gasteiger partial charge in [0.15, 0.2) is 5.78 Å². The second kappa shape index (κ2) is 8.03. The van der Waals surface area contributed by atoms with Crippen LogP contribution in [0.4, 0.5) is 0 Å². The van der Waals surface area contributed by atoms with Crippen LogP contribution in [0.15, 0.2) is 52.2 Å². The molecule has 0 spiro atoms. The molecule has 170 valence electrons. The summed E-state index contributed by atoms with van der Waals surface area (Å²) < 4.78 is 5.51. The van der Waals surface area contributed by atoms with Crippen LogP contribution in [0.2, 0.25) is 0 Å². The molecule has 5 nitrogen and oxygen atoms in total. The Morgan fingerprint density at radius 3 is 2.66 bits per heavy atom. The first-order chi connectivity index (χ1) is 15.4. The third-order valence-corrected chi connectivity index (χ3v) is 9.07. The second-order valence-electron chi connectivity index (χ2n) is 10.5. The predicted molar refractivity (Wildman–Crippen MR) is 123 cm³/mol. The van der Waals surface area contributed by atoms with Crippen LogP contribution in [-0.4, -0.2) is 30.2 Å². The number of allylic oxidation sites excluding steroid dienone is 4. The van der Waals surface area contributed by atoms with Gasteiger partial charge in [-0.3, -0.25) is 4.79 Å². The van der Waals surface area contributed by atoms with Crippen LogP contribution in [0.5, 0.6) is 0 Å². The number of nitrogens with zero attached hydrogens (tertiary/aromatic N) is 1. The number of nitroso groups, excluding NO2 is 1. The quantitative estimate of drug-likeness (QED) is 0.643. The van der Waals surface area contributed by atoms with Crippen LogP contribution in [0.25, 0.3) is 0 Å². The average Bonchev–Trinajstić information content (AvgIpc) is 3.04. The molecule has 2 saturated carbocycles. The molecular weight excluding hydrogens is 402 g/mol. The van der Waals surface area contributed by atoms with Crippen LogP contribution < -0.4 is 0 Å². The number of methoxy groups -OCH3 is 1. The summed E-state index contributed by atoms with van der Waals surface area (Å²) in [5, 5.41) is 14.8. The van der Waals surface area contributed by atoms with Crippen LogP contribution >= 0.6 is 0 Å². The van der Waals surface area contributed by atoms with Crippen LogP contribution in [0, 0.1) is 22.2 Å². The van der Waals surface area contributed by atoms with Crippen molar-refractivity contribution < 1.29 is 14.6 Å². The summed E-state index contributed by atoms with van der Waals surface area (Å²) in [5.74, 6) is 1.31. The van der Waals surface area contributed by atoms with Crippen molar-refractivity contribution in [3.8, 4) is 0 Å². The third kappa shape index (κ3) is 3.24. The van der Waals surface area contributed by atoms with Crippen LogP contribution in [0.1, 0.15) is 68.9 Å². The molecule has 0 heterocycles. The molecule has 4 aliphatic carbocycles. The fourth-order valence-corrected chi connectivity index (χ4v) is 7.46. The van der Waals surface area contributed by atoms with Gasteiger partial charge in [0.1, 0.15) is 6.54 Å². The van der Waals surface area contributed by atoms with E-state index in [-0.39, 0.29) is 23.7 Å². The Labute approximate surface area is 189 Å². The van der Waals surface area contributed by atoms with Gasteiger partial charge in [-0.15, -0.1) is 0 Å². The summed E-state index contributed by atoms with van der Waals surface area (Å²) in [4.78, 5) is 22.8. The Balaban J connectivity index is 1.64. The number of carbonyl (C=O) groups excluding carboxylic acids is 1. The minimum Gasteiger partial charge on any atom is -0.387 e. The van der Waals surface area contributed by atoms with E-state index in [2.05, 4.69) is 24.2 Å². The largest absolute Gasteiger partial charge is 0.387 e. The first-order valence-corrected chi connectivity index (χ1v) is 12.0. The molecule has 32 heavy (non-hydrogen) atoms. The van der Waals surface area contributed by atoms with Crippen molar-refractivity contribution in [3.63, 3.8) is 0 Å². The maximum absolute atomic E-state index is 12.1. The molecular formula is C27H33NO4. The fourth-order valence-electron chi connectivity index (χ4n) is 7.46. The van der Waals surface area contributed by atoms with Crippen LogP contribution in [-0.2, 0) is 16.1 Å². The molecule has 0 amide bonds. The minimum atomic E-state index is -0.819. The van der Waals surface area contributed by atoms with Crippen molar-refractivity contribution in [2.45, 2.75) is 69.9 Å². The SMILES string of the molecule is COC[C@]1(O)CC[C@H]2[C@@H]3CCC4=CC(=O)CCC4=C3[C@@H](c3ccc(CN=O)cc3)C[C@@]21C. The number of hydrogen-bond donors (Lipinski definition) is 1. The smallest absolute Gasteiger partial charge is 0.156 e. The van der Waals surface area contributed by atoms with E-state index in [4.69, 9.17) is 4.74 Å². The first kappa shape index (κ1) is 21.7. The average molecular weight is 436 g/mol. The number of carbonyl (C=O) groups is 1. The molecule has 0 saturated heterocycles. The lowest BCUT2D eigenvalue weighted by molar-refractivity contribution is -0.128. The van der Waals surface area contributed by atoms with Crippen molar-refractivity contribution in [2.75, 3.05) is 13.7 Å². The summed E-state index contributed by atoms with van der Waals surface area (Å²) in [6, 6.07) is 8.28. The maximum Gasteiger partial charge on any atom is 0.156 e. The lowest BCUT2D eigenvalue weighted by atomic mass is 9.51. The van der Waals surface area contributed by atoms with Crippen molar-refractivity contribution >= 4 is 5.78 Å². The van der Waals surface area contributed by atoms with E-state index in [0.29, 0.717) is 24.9 Å². The molecule has 0 radical (unpaired) electrons. The number of hydrogen-bond acceptors (Lipinski definition) is 5. The van der Waals surface area contributed by atoms with Gasteiger partial charge in [0.2, 0.25) is 0 Å². The van der Waals surface area contributed by atoms with Gasteiger partial charge in [0.25, 0.3) is 0 Å². The van der Waals surface area contributed by atoms with Crippen molar-refractivity contribution in [1.82, 2.24) is 0 Å². The Kier molecular flexibility index (Phi) is 5.45. The Bertz CT molecular complexity index is 993. The topological polar surface area (TPSA) is 76.0 Å². The van der Waals surface area contributed by atoms with E-state index in [1.165, 1.54) is 22.3 Å². The zero-order valence-corrected chi connectivity index (χ0v) is 19.1. The number of ether oxygens (including phenoxy) is 1. The Morgan fingerprint density at radius 1 is 1.16 bits per heavy atom. The molecule has 1 N–H and O–H groups in total. The van der Waals surface area contributed by atoms with Gasteiger partial charge in [0, 0.05) is 24.9 Å². The third-order valence-electron chi connectivity index (χ3n) is 9.07. The summed E-state index contributed by atoms with van der Waals surface area (Å²) in [5.41, 5.74) is 5.28. The molecule has 1 aromatic rings. The Hall–Kier alpha value is -2.11. The number of rotatable bonds is 5. The van der Waals surface area contributed by atoms with E-state index < -0.39 is 5.60 Å². The highest BCUT2D eigenvalue weighted by molar-refractivity contribution is 5.93. The van der Waals surface area contributed by atoms with Gasteiger partial charge in [-0.05, 0) is 78.7 Å². The molecule has 0 bridgehead atoms. The standard InChI is InChI=1S/C27H33NO4/c1-26-14-23(18-5-3-17(4-6-18)15-28-31)25-21-10-8-20(29)13-19(21)7-9-22(25)24(26)11-12-27(26,30)16-32-2/h3-6,13,22-24,30H,7-12,14-16H2,1-2H3/t22-,23+,24-,26-,27+/m0/s1. The van der Waals surface area contributed by atoms with E-state index in [1.54, 1.807) is 7.11 Å². The zero-order valence-electron chi connectivity index (χ0n) is 19.1. The van der Waals surface area contributed by atoms with Gasteiger partial charge in [0.05, 0.1) is 12.2 Å². The first-order valence-electron chi connectivity index (χ1n) is 12.0. The van der Waals surface area contributed by atoms with E-state index in [9.17, 15) is 14.8 Å². The van der Waals surface area contributed by atoms with Gasteiger partial charge in [-0.1, -0.05) is 41.9 Å². The molecule has 1 aromatic carbocycles. The maximum atomic E-state index is 12.1. The van der Waals surface area contributed by atoms with Crippen LogP contribution in [0.3, 0.4) is 0 Å². The highest BCUT2D eigenvalue weighted by Gasteiger charge is 2.62. The molecule has 0 aliphatic heterocycles.